The number of hydrogen-bond donors (Lipinski definition) is 2. The van der Waals surface area contributed by atoms with Gasteiger partial charge in [0.2, 0.25) is 0 Å². The van der Waals surface area contributed by atoms with E-state index in [1.54, 1.807) is 12.4 Å². The molecule has 0 bridgehead atoms. The first-order chi connectivity index (χ1) is 17.1. The Labute approximate surface area is 197 Å². The number of pyridine rings is 1. The van der Waals surface area contributed by atoms with Gasteiger partial charge in [-0.2, -0.15) is 13.9 Å². The lowest BCUT2D eigenvalue weighted by Gasteiger charge is -2.15. The number of imidazole rings is 2. The first-order valence-electron chi connectivity index (χ1n) is 11.1. The highest BCUT2D eigenvalue weighted by Crippen LogP contribution is 2.28. The van der Waals surface area contributed by atoms with Crippen LogP contribution in [0.15, 0.2) is 43.1 Å². The van der Waals surface area contributed by atoms with Gasteiger partial charge in [-0.05, 0) is 30.5 Å². The van der Waals surface area contributed by atoms with E-state index in [1.165, 1.54) is 12.4 Å². The Kier molecular flexibility index (Phi) is 5.21. The number of H-pyrrole nitrogens is 1. The van der Waals surface area contributed by atoms with E-state index in [0.717, 1.165) is 28.8 Å². The van der Waals surface area contributed by atoms with Crippen LogP contribution in [-0.2, 0) is 11.3 Å². The Balaban J connectivity index is 1.41. The predicted octanol–water partition coefficient (Wildman–Crippen LogP) is 3.98. The molecule has 0 aromatic carbocycles. The highest BCUT2D eigenvalue weighted by molar-refractivity contribution is 5.75. The molecule has 0 amide bonds. The quantitative estimate of drug-likeness (QED) is 0.381. The lowest BCUT2D eigenvalue weighted by atomic mass is 10.1. The summed E-state index contributed by atoms with van der Waals surface area (Å²) in [6.07, 6.45) is 10.7. The molecule has 6 heterocycles. The van der Waals surface area contributed by atoms with Crippen LogP contribution in [0, 0.1) is 6.92 Å². The Morgan fingerprint density at radius 2 is 2.11 bits per heavy atom. The van der Waals surface area contributed by atoms with Crippen molar-refractivity contribution in [2.45, 2.75) is 26.4 Å². The highest BCUT2D eigenvalue weighted by atomic mass is 19.3. The minimum absolute atomic E-state index is 0.371. The van der Waals surface area contributed by atoms with Crippen LogP contribution in [0.1, 0.15) is 30.1 Å². The summed E-state index contributed by atoms with van der Waals surface area (Å²) in [5, 5.41) is 7.10. The van der Waals surface area contributed by atoms with Gasteiger partial charge in [-0.3, -0.25) is 4.40 Å². The third-order valence-corrected chi connectivity index (χ3v) is 5.95. The average Bonchev–Trinajstić information content (AvgIpc) is 3.61. The molecule has 1 aliphatic heterocycles. The van der Waals surface area contributed by atoms with Crippen molar-refractivity contribution in [3.63, 3.8) is 0 Å². The van der Waals surface area contributed by atoms with Crippen molar-refractivity contribution in [2.75, 3.05) is 18.5 Å². The van der Waals surface area contributed by atoms with Gasteiger partial charge in [0.25, 0.3) is 0 Å². The van der Waals surface area contributed by atoms with Gasteiger partial charge in [0.1, 0.15) is 5.82 Å². The molecule has 0 aliphatic carbocycles. The van der Waals surface area contributed by atoms with Gasteiger partial charge in [-0.25, -0.2) is 24.6 Å². The highest BCUT2D eigenvalue weighted by Gasteiger charge is 2.18. The number of hydrogen-bond acceptors (Lipinski definition) is 7. The van der Waals surface area contributed by atoms with E-state index >= 15 is 0 Å². The van der Waals surface area contributed by atoms with Crippen LogP contribution in [0.2, 0.25) is 0 Å². The summed E-state index contributed by atoms with van der Waals surface area (Å²) in [5.74, 6) is 1.26. The summed E-state index contributed by atoms with van der Waals surface area (Å²) < 4.78 is 34.1. The lowest BCUT2D eigenvalue weighted by molar-refractivity contribution is 0.0566. The first kappa shape index (κ1) is 21.4. The van der Waals surface area contributed by atoms with Crippen LogP contribution in [0.4, 0.5) is 14.6 Å². The van der Waals surface area contributed by atoms with Gasteiger partial charge in [0.15, 0.2) is 17.1 Å². The maximum atomic E-state index is 13.1. The minimum Gasteiger partial charge on any atom is -0.377 e. The third kappa shape index (κ3) is 3.91. The van der Waals surface area contributed by atoms with Crippen LogP contribution >= 0.6 is 0 Å². The number of aryl methyl sites for hydroxylation is 1. The molecule has 5 aromatic rings. The van der Waals surface area contributed by atoms with Gasteiger partial charge in [0.05, 0.1) is 49.1 Å². The summed E-state index contributed by atoms with van der Waals surface area (Å²) in [4.78, 5) is 21.5. The fourth-order valence-electron chi connectivity index (χ4n) is 4.15. The molecule has 2 N–H and O–H groups in total. The van der Waals surface area contributed by atoms with Crippen molar-refractivity contribution in [1.29, 1.82) is 0 Å². The summed E-state index contributed by atoms with van der Waals surface area (Å²) >= 11 is 0. The van der Waals surface area contributed by atoms with Gasteiger partial charge in [0, 0.05) is 24.2 Å². The van der Waals surface area contributed by atoms with Crippen molar-refractivity contribution < 1.29 is 13.5 Å². The number of aromatic nitrogens is 8. The van der Waals surface area contributed by atoms with E-state index in [1.807, 2.05) is 29.7 Å². The van der Waals surface area contributed by atoms with Crippen LogP contribution in [0.25, 0.3) is 33.6 Å². The van der Waals surface area contributed by atoms with Crippen LogP contribution in [-0.4, -0.2) is 52.3 Å². The molecule has 0 saturated carbocycles. The molecule has 5 aromatic heterocycles. The zero-order valence-corrected chi connectivity index (χ0v) is 18.7. The Morgan fingerprint density at radius 3 is 2.89 bits per heavy atom. The second kappa shape index (κ2) is 8.55. The molecule has 0 fully saturated rings. The van der Waals surface area contributed by atoms with Gasteiger partial charge in [-0.15, -0.1) is 0 Å². The fourth-order valence-corrected chi connectivity index (χ4v) is 4.15. The van der Waals surface area contributed by atoms with E-state index in [0.29, 0.717) is 58.6 Å². The largest absolute Gasteiger partial charge is 0.377 e. The molecule has 35 heavy (non-hydrogen) atoms. The number of rotatable bonds is 6. The minimum atomic E-state index is -2.72. The van der Waals surface area contributed by atoms with Crippen molar-refractivity contribution in [3.05, 3.63) is 60.2 Å². The molecule has 0 atom stereocenters. The Hall–Kier alpha value is -4.19. The number of nitrogens with zero attached hydrogens (tertiary/aromatic N) is 7. The molecular weight excluding hydrogens is 456 g/mol. The normalized spacial score (nSPS) is 14.2. The standard InChI is InChI=1S/C23H21F2N9O/c1-13-2-5-26-20-19(13)31-18(32-20)10-27-21-22-28-9-17(15-8-29-34(11-15)23(24)25)33(22)12-16(30-21)14-3-6-35-7-4-14/h2-3,5,8-9,11-12,23H,4,6-7,10H2,1H3,(H,27,30)(H,26,31,32). The van der Waals surface area contributed by atoms with Crippen molar-refractivity contribution in [2.24, 2.45) is 0 Å². The average molecular weight is 477 g/mol. The van der Waals surface area contributed by atoms with E-state index in [9.17, 15) is 8.78 Å². The predicted molar refractivity (Wildman–Crippen MR) is 125 cm³/mol. The molecule has 10 nitrogen and oxygen atoms in total. The second-order valence-corrected chi connectivity index (χ2v) is 8.22. The van der Waals surface area contributed by atoms with Crippen molar-refractivity contribution in [3.8, 4) is 11.3 Å². The number of ether oxygens (including phenoxy) is 1. The summed E-state index contributed by atoms with van der Waals surface area (Å²) in [5.41, 5.74) is 6.13. The summed E-state index contributed by atoms with van der Waals surface area (Å²) in [6, 6.07) is 1.93. The number of nitrogens with one attached hydrogen (secondary N) is 2. The summed E-state index contributed by atoms with van der Waals surface area (Å²) in [7, 11) is 0. The molecule has 0 saturated heterocycles. The molecule has 0 unspecified atom stereocenters. The fraction of sp³-hybridized carbons (Fsp3) is 0.261. The van der Waals surface area contributed by atoms with Gasteiger partial charge < -0.3 is 15.0 Å². The number of aromatic amines is 1. The molecule has 12 heteroatoms. The molecule has 6 rings (SSSR count). The number of fused-ring (bicyclic) bond motifs is 2. The molecule has 0 radical (unpaired) electrons. The molecule has 178 valence electrons. The second-order valence-electron chi connectivity index (χ2n) is 8.22. The van der Waals surface area contributed by atoms with E-state index in [-0.39, 0.29) is 0 Å². The number of anilines is 1. The Morgan fingerprint density at radius 1 is 1.20 bits per heavy atom. The lowest BCUT2D eigenvalue weighted by Crippen LogP contribution is -2.10. The smallest absolute Gasteiger partial charge is 0.333 e. The molecule has 1 aliphatic rings. The van der Waals surface area contributed by atoms with Crippen LogP contribution in [0.5, 0.6) is 0 Å². The van der Waals surface area contributed by atoms with Crippen molar-refractivity contribution >= 4 is 28.2 Å². The maximum absolute atomic E-state index is 13.1. The van der Waals surface area contributed by atoms with Gasteiger partial charge >= 0.3 is 6.55 Å². The maximum Gasteiger partial charge on any atom is 0.333 e. The SMILES string of the molecule is Cc1ccnc2nc(CNc3nc(C4=CCOCC4)cn4c(-c5cnn(C(F)F)c5)cnc34)[nH]c12. The first-order valence-corrected chi connectivity index (χ1v) is 11.1. The van der Waals surface area contributed by atoms with E-state index < -0.39 is 6.55 Å². The number of halogens is 2. The summed E-state index contributed by atoms with van der Waals surface area (Å²) in [6.45, 7) is 0.776. The van der Waals surface area contributed by atoms with Crippen LogP contribution < -0.4 is 5.32 Å². The third-order valence-electron chi connectivity index (χ3n) is 5.95. The van der Waals surface area contributed by atoms with E-state index in [2.05, 4.69) is 30.4 Å². The molecular formula is C23H21F2N9O. The monoisotopic (exact) mass is 477 g/mol. The van der Waals surface area contributed by atoms with E-state index in [4.69, 9.17) is 9.72 Å². The van der Waals surface area contributed by atoms with Gasteiger partial charge in [-0.1, -0.05) is 6.08 Å². The van der Waals surface area contributed by atoms with Crippen LogP contribution in [0.3, 0.4) is 0 Å². The topological polar surface area (TPSA) is 111 Å². The van der Waals surface area contributed by atoms with Crippen molar-refractivity contribution in [1.82, 2.24) is 39.1 Å². The zero-order chi connectivity index (χ0) is 23.9. The number of alkyl halides is 2. The Bertz CT molecular complexity index is 1570. The zero-order valence-electron chi connectivity index (χ0n) is 18.7. The molecule has 0 spiro atoms.